The highest BCUT2D eigenvalue weighted by molar-refractivity contribution is 5.87. The highest BCUT2D eigenvalue weighted by Gasteiger charge is 2.57. The molecule has 0 radical (unpaired) electrons. The van der Waals surface area contributed by atoms with Gasteiger partial charge in [-0.05, 0) is 25.0 Å². The van der Waals surface area contributed by atoms with Crippen LogP contribution in [0.3, 0.4) is 0 Å². The van der Waals surface area contributed by atoms with Crippen molar-refractivity contribution in [1.29, 1.82) is 0 Å². The van der Waals surface area contributed by atoms with Crippen molar-refractivity contribution in [3.05, 3.63) is 35.6 Å². The zero-order valence-electron chi connectivity index (χ0n) is 14.1. The van der Waals surface area contributed by atoms with E-state index in [0.717, 1.165) is 4.90 Å². The lowest BCUT2D eigenvalue weighted by atomic mass is 9.76. The van der Waals surface area contributed by atoms with E-state index in [1.54, 1.807) is 17.9 Å². The first kappa shape index (κ1) is 17.8. The van der Waals surface area contributed by atoms with Crippen LogP contribution < -0.4 is 0 Å². The molecule has 2 saturated heterocycles. The van der Waals surface area contributed by atoms with E-state index in [-0.39, 0.29) is 24.4 Å². The molecule has 4 nitrogen and oxygen atoms in total. The first-order chi connectivity index (χ1) is 11.8. The average molecular weight is 354 g/mol. The summed E-state index contributed by atoms with van der Waals surface area (Å²) in [6.45, 7) is 1.96. The topological polar surface area (TPSA) is 40.6 Å². The Morgan fingerprint density at radius 3 is 2.60 bits per heavy atom. The van der Waals surface area contributed by atoms with Crippen molar-refractivity contribution in [1.82, 2.24) is 9.80 Å². The third-order valence-corrected chi connectivity index (χ3v) is 5.15. The lowest BCUT2D eigenvalue weighted by Gasteiger charge is -2.43. The van der Waals surface area contributed by atoms with Gasteiger partial charge in [-0.3, -0.25) is 9.59 Å². The van der Waals surface area contributed by atoms with E-state index in [9.17, 15) is 22.8 Å². The third-order valence-electron chi connectivity index (χ3n) is 5.15. The fourth-order valence-corrected chi connectivity index (χ4v) is 3.91. The van der Waals surface area contributed by atoms with E-state index < -0.39 is 36.0 Å². The van der Waals surface area contributed by atoms with E-state index in [2.05, 4.69) is 0 Å². The fourth-order valence-electron chi connectivity index (χ4n) is 3.91. The molecular weight excluding hydrogens is 333 g/mol. The molecule has 2 aliphatic heterocycles. The van der Waals surface area contributed by atoms with Gasteiger partial charge in [0.25, 0.3) is 5.92 Å². The zero-order chi connectivity index (χ0) is 18.2. The highest BCUT2D eigenvalue weighted by Crippen LogP contribution is 2.45. The summed E-state index contributed by atoms with van der Waals surface area (Å²) >= 11 is 0. The number of amides is 2. The quantitative estimate of drug-likeness (QED) is 0.837. The van der Waals surface area contributed by atoms with Crippen molar-refractivity contribution in [2.45, 2.75) is 32.1 Å². The van der Waals surface area contributed by atoms with Gasteiger partial charge in [0.15, 0.2) is 0 Å². The number of benzene rings is 1. The number of piperidine rings is 1. The summed E-state index contributed by atoms with van der Waals surface area (Å²) in [5.41, 5.74) is -1.05. The van der Waals surface area contributed by atoms with Gasteiger partial charge in [-0.15, -0.1) is 0 Å². The van der Waals surface area contributed by atoms with Gasteiger partial charge in [-0.25, -0.2) is 13.2 Å². The number of nitrogens with zero attached hydrogens (tertiary/aromatic N) is 2. The van der Waals surface area contributed by atoms with E-state index in [1.807, 2.05) is 0 Å². The second-order valence-electron chi connectivity index (χ2n) is 6.97. The summed E-state index contributed by atoms with van der Waals surface area (Å²) in [5.74, 6) is -4.55. The van der Waals surface area contributed by atoms with Crippen molar-refractivity contribution in [3.8, 4) is 0 Å². The summed E-state index contributed by atoms with van der Waals surface area (Å²) < 4.78 is 42.3. The van der Waals surface area contributed by atoms with Gasteiger partial charge in [-0.1, -0.05) is 18.2 Å². The average Bonchev–Trinajstić information content (AvgIpc) is 2.83. The van der Waals surface area contributed by atoms with Crippen LogP contribution in [-0.4, -0.2) is 53.7 Å². The lowest BCUT2D eigenvalue weighted by molar-refractivity contribution is -0.162. The van der Waals surface area contributed by atoms with Crippen molar-refractivity contribution < 1.29 is 22.8 Å². The van der Waals surface area contributed by atoms with Gasteiger partial charge < -0.3 is 9.80 Å². The summed E-state index contributed by atoms with van der Waals surface area (Å²) in [6, 6.07) is 5.79. The Morgan fingerprint density at radius 1 is 1.24 bits per heavy atom. The maximum absolute atomic E-state index is 14.3. The van der Waals surface area contributed by atoms with Gasteiger partial charge in [0.1, 0.15) is 5.82 Å². The summed E-state index contributed by atoms with van der Waals surface area (Å²) in [5, 5.41) is 0. The molecule has 2 amide bonds. The summed E-state index contributed by atoms with van der Waals surface area (Å²) in [7, 11) is 0. The van der Waals surface area contributed by atoms with Crippen LogP contribution >= 0.6 is 0 Å². The van der Waals surface area contributed by atoms with E-state index in [4.69, 9.17) is 0 Å². The van der Waals surface area contributed by atoms with Crippen molar-refractivity contribution >= 4 is 11.8 Å². The molecule has 1 atom stereocenters. The number of alkyl halides is 2. The third kappa shape index (κ3) is 3.37. The zero-order valence-corrected chi connectivity index (χ0v) is 14.1. The molecule has 2 aliphatic rings. The Hall–Kier alpha value is -2.05. The molecule has 136 valence electrons. The molecule has 1 spiro atoms. The number of likely N-dealkylation sites (tertiary alicyclic amines) is 2. The molecular formula is C18H21F3N2O2. The minimum absolute atomic E-state index is 0.0226. The van der Waals surface area contributed by atoms with Crippen molar-refractivity contribution in [3.63, 3.8) is 0 Å². The Labute approximate surface area is 144 Å². The normalized spacial score (nSPS) is 25.7. The van der Waals surface area contributed by atoms with Crippen molar-refractivity contribution in [2.75, 3.05) is 26.2 Å². The van der Waals surface area contributed by atoms with Crippen molar-refractivity contribution in [2.24, 2.45) is 5.41 Å². The minimum atomic E-state index is -3.12. The first-order valence-corrected chi connectivity index (χ1v) is 8.45. The molecule has 1 aromatic carbocycles. The van der Waals surface area contributed by atoms with Crippen LogP contribution in [0.25, 0.3) is 0 Å². The fraction of sp³-hybridized carbons (Fsp3) is 0.556. The second-order valence-corrected chi connectivity index (χ2v) is 6.97. The van der Waals surface area contributed by atoms with E-state index in [0.29, 0.717) is 19.5 Å². The molecule has 2 heterocycles. The van der Waals surface area contributed by atoms with Crippen LogP contribution in [0.15, 0.2) is 24.3 Å². The van der Waals surface area contributed by atoms with Gasteiger partial charge >= 0.3 is 0 Å². The van der Waals surface area contributed by atoms with Crippen LogP contribution in [0.2, 0.25) is 0 Å². The molecule has 7 heteroatoms. The smallest absolute Gasteiger partial charge is 0.266 e. The summed E-state index contributed by atoms with van der Waals surface area (Å²) in [6.07, 6.45) is -0.498. The van der Waals surface area contributed by atoms with E-state index in [1.165, 1.54) is 18.2 Å². The molecule has 0 aromatic heterocycles. The SMILES string of the molecule is CCN1CC[C@]2(CN(C(=O)Cc3ccccc3F)CC(F)(F)C2)C1=O. The van der Waals surface area contributed by atoms with Gasteiger partial charge in [0.2, 0.25) is 11.8 Å². The van der Waals surface area contributed by atoms with Gasteiger partial charge in [0.05, 0.1) is 18.4 Å². The number of hydrogen-bond donors (Lipinski definition) is 0. The number of hydrogen-bond acceptors (Lipinski definition) is 2. The molecule has 0 aliphatic carbocycles. The Bertz CT molecular complexity index is 695. The molecule has 3 rings (SSSR count). The molecule has 0 unspecified atom stereocenters. The number of carbonyl (C=O) groups is 2. The standard InChI is InChI=1S/C18H21F3N2O2/c1-2-22-8-7-17(16(22)25)10-18(20,21)12-23(11-17)15(24)9-13-5-3-4-6-14(13)19/h3-6H,2,7-12H2,1H3/t17-/m0/s1. The van der Waals surface area contributed by atoms with Crippen LogP contribution in [0, 0.1) is 11.2 Å². The predicted octanol–water partition coefficient (Wildman–Crippen LogP) is 2.47. The molecule has 2 fully saturated rings. The first-order valence-electron chi connectivity index (χ1n) is 8.45. The minimum Gasteiger partial charge on any atom is -0.342 e. The number of halogens is 3. The molecule has 0 bridgehead atoms. The Balaban J connectivity index is 1.81. The Morgan fingerprint density at radius 2 is 1.96 bits per heavy atom. The second kappa shape index (κ2) is 6.35. The molecule has 0 N–H and O–H groups in total. The Kier molecular flexibility index (Phi) is 4.51. The lowest BCUT2D eigenvalue weighted by Crippen LogP contribution is -2.57. The largest absolute Gasteiger partial charge is 0.342 e. The van der Waals surface area contributed by atoms with Crippen LogP contribution in [0.4, 0.5) is 13.2 Å². The molecule has 1 aromatic rings. The maximum atomic E-state index is 14.3. The molecule has 25 heavy (non-hydrogen) atoms. The number of rotatable bonds is 3. The number of carbonyl (C=O) groups excluding carboxylic acids is 2. The van der Waals surface area contributed by atoms with Gasteiger partial charge in [0, 0.05) is 26.1 Å². The van der Waals surface area contributed by atoms with Crippen LogP contribution in [0.1, 0.15) is 25.3 Å². The highest BCUT2D eigenvalue weighted by atomic mass is 19.3. The van der Waals surface area contributed by atoms with Crippen LogP contribution in [-0.2, 0) is 16.0 Å². The maximum Gasteiger partial charge on any atom is 0.266 e. The van der Waals surface area contributed by atoms with Crippen LogP contribution in [0.5, 0.6) is 0 Å². The summed E-state index contributed by atoms with van der Waals surface area (Å²) in [4.78, 5) is 27.7. The predicted molar refractivity (Wildman–Crippen MR) is 85.6 cm³/mol. The van der Waals surface area contributed by atoms with Gasteiger partial charge in [-0.2, -0.15) is 0 Å². The monoisotopic (exact) mass is 354 g/mol. The van der Waals surface area contributed by atoms with E-state index >= 15 is 0 Å². The molecule has 0 saturated carbocycles.